The van der Waals surface area contributed by atoms with Crippen molar-refractivity contribution in [2.75, 3.05) is 20.2 Å². The second-order valence-electron chi connectivity index (χ2n) is 8.01. The molecule has 0 spiro atoms. The van der Waals surface area contributed by atoms with Crippen LogP contribution in [0.3, 0.4) is 0 Å². The Hall–Kier alpha value is -3.73. The molecule has 0 unspecified atom stereocenters. The van der Waals surface area contributed by atoms with Gasteiger partial charge in [0.05, 0.1) is 30.1 Å². The summed E-state index contributed by atoms with van der Waals surface area (Å²) >= 11 is 1.11. The Bertz CT molecular complexity index is 1370. The minimum absolute atomic E-state index is 0.0228. The Morgan fingerprint density at radius 2 is 2.06 bits per heavy atom. The van der Waals surface area contributed by atoms with Gasteiger partial charge in [0.1, 0.15) is 22.6 Å². The van der Waals surface area contributed by atoms with Gasteiger partial charge in [-0.1, -0.05) is 0 Å². The fourth-order valence-electron chi connectivity index (χ4n) is 3.99. The van der Waals surface area contributed by atoms with Crippen LogP contribution in [0.5, 0.6) is 5.75 Å². The first kappa shape index (κ1) is 22.1. The van der Waals surface area contributed by atoms with E-state index in [0.717, 1.165) is 44.1 Å². The van der Waals surface area contributed by atoms with E-state index in [1.165, 1.54) is 24.5 Å². The molecule has 4 heterocycles. The summed E-state index contributed by atoms with van der Waals surface area (Å²) in [4.78, 5) is 44.0. The van der Waals surface area contributed by atoms with Crippen molar-refractivity contribution in [1.82, 2.24) is 9.91 Å². The summed E-state index contributed by atoms with van der Waals surface area (Å²) in [6.07, 6.45) is 5.74. The molecule has 2 amide bonds. The summed E-state index contributed by atoms with van der Waals surface area (Å²) in [5, 5.41) is 15.1. The molecule has 1 aromatic carbocycles. The van der Waals surface area contributed by atoms with E-state index in [0.29, 0.717) is 21.8 Å². The molecular weight excluding hydrogens is 458 g/mol. The summed E-state index contributed by atoms with van der Waals surface area (Å²) in [6, 6.07) is 4.82. The van der Waals surface area contributed by atoms with Crippen molar-refractivity contribution in [3.63, 3.8) is 0 Å². The molecule has 0 saturated carbocycles. The Morgan fingerprint density at radius 1 is 1.26 bits per heavy atom. The van der Waals surface area contributed by atoms with Gasteiger partial charge in [-0.05, 0) is 49.2 Å². The third-order valence-corrected chi connectivity index (χ3v) is 6.72. The SMILES string of the molecule is COc1ccc2c(=O)c(C=C3C(=N)N4N=C(CC(=O)N5CCCCC5)SC4=NC3=O)coc2c1. The van der Waals surface area contributed by atoms with E-state index in [2.05, 4.69) is 10.1 Å². The number of hydrogen-bond donors (Lipinski definition) is 1. The van der Waals surface area contributed by atoms with Crippen LogP contribution in [0.4, 0.5) is 0 Å². The number of carbonyl (C=O) groups is 2. The average molecular weight is 480 g/mol. The number of aliphatic imine (C=N–C) groups is 1. The van der Waals surface area contributed by atoms with Crippen LogP contribution in [0.2, 0.25) is 0 Å². The van der Waals surface area contributed by atoms with Crippen molar-refractivity contribution in [2.24, 2.45) is 10.1 Å². The highest BCUT2D eigenvalue weighted by Crippen LogP contribution is 2.30. The van der Waals surface area contributed by atoms with E-state index in [4.69, 9.17) is 14.6 Å². The Morgan fingerprint density at radius 3 is 2.82 bits per heavy atom. The molecule has 34 heavy (non-hydrogen) atoms. The summed E-state index contributed by atoms with van der Waals surface area (Å²) in [7, 11) is 1.52. The fraction of sp³-hybridized carbons (Fsp3) is 0.304. The molecule has 1 N–H and O–H groups in total. The predicted molar refractivity (Wildman–Crippen MR) is 129 cm³/mol. The molecule has 1 aromatic heterocycles. The number of benzene rings is 1. The van der Waals surface area contributed by atoms with Crippen LogP contribution in [0.15, 0.2) is 49.3 Å². The second-order valence-corrected chi connectivity index (χ2v) is 9.05. The van der Waals surface area contributed by atoms with Crippen LogP contribution in [0.25, 0.3) is 17.0 Å². The number of nitrogens with one attached hydrogen (secondary N) is 1. The largest absolute Gasteiger partial charge is 0.497 e. The summed E-state index contributed by atoms with van der Waals surface area (Å²) in [6.45, 7) is 1.48. The topological polar surface area (TPSA) is 129 Å². The number of ether oxygens (including phenoxy) is 1. The minimum Gasteiger partial charge on any atom is -0.497 e. The quantitative estimate of drug-likeness (QED) is 0.668. The highest BCUT2D eigenvalue weighted by molar-refractivity contribution is 8.27. The number of hydrazone groups is 1. The summed E-state index contributed by atoms with van der Waals surface area (Å²) in [5.74, 6) is -0.341. The van der Waals surface area contributed by atoms with Crippen LogP contribution < -0.4 is 10.2 Å². The number of carbonyl (C=O) groups excluding carboxylic acids is 2. The Kier molecular flexibility index (Phi) is 5.78. The zero-order chi connectivity index (χ0) is 23.8. The molecule has 11 heteroatoms. The van der Waals surface area contributed by atoms with Gasteiger partial charge in [-0.2, -0.15) is 15.1 Å². The average Bonchev–Trinajstić information content (AvgIpc) is 3.25. The molecule has 174 valence electrons. The van der Waals surface area contributed by atoms with E-state index in [1.54, 1.807) is 18.2 Å². The summed E-state index contributed by atoms with van der Waals surface area (Å²) < 4.78 is 10.7. The molecule has 1 saturated heterocycles. The first-order valence-corrected chi connectivity index (χ1v) is 11.6. The number of thioether (sulfide) groups is 1. The van der Waals surface area contributed by atoms with Crippen LogP contribution in [0.1, 0.15) is 31.2 Å². The van der Waals surface area contributed by atoms with Crippen LogP contribution in [-0.2, 0) is 9.59 Å². The van der Waals surface area contributed by atoms with Crippen LogP contribution in [-0.4, -0.2) is 58.0 Å². The van der Waals surface area contributed by atoms with Gasteiger partial charge in [0.25, 0.3) is 5.91 Å². The molecule has 5 rings (SSSR count). The molecular formula is C23H21N5O5S. The molecule has 10 nitrogen and oxygen atoms in total. The third kappa shape index (κ3) is 4.03. The van der Waals surface area contributed by atoms with E-state index in [9.17, 15) is 14.4 Å². The minimum atomic E-state index is -0.656. The number of hydrogen-bond acceptors (Lipinski definition) is 8. The molecule has 3 aliphatic rings. The van der Waals surface area contributed by atoms with Gasteiger partial charge in [0.2, 0.25) is 11.1 Å². The molecule has 0 atom stereocenters. The fourth-order valence-corrected chi connectivity index (χ4v) is 4.87. The molecule has 0 radical (unpaired) electrons. The van der Waals surface area contributed by atoms with Crippen molar-refractivity contribution in [2.45, 2.75) is 25.7 Å². The number of amidine groups is 2. The number of methoxy groups -OCH3 is 1. The van der Waals surface area contributed by atoms with E-state index in [1.807, 2.05) is 4.90 Å². The van der Waals surface area contributed by atoms with Crippen molar-refractivity contribution < 1.29 is 18.7 Å². The molecule has 3 aliphatic heterocycles. The number of amides is 2. The lowest BCUT2D eigenvalue weighted by atomic mass is 10.1. The second kappa shape index (κ2) is 8.90. The maximum atomic E-state index is 12.9. The predicted octanol–water partition coefficient (Wildman–Crippen LogP) is 2.82. The smallest absolute Gasteiger partial charge is 0.283 e. The maximum absolute atomic E-state index is 12.9. The lowest BCUT2D eigenvalue weighted by Crippen LogP contribution is -2.36. The van der Waals surface area contributed by atoms with Gasteiger partial charge in [-0.3, -0.25) is 19.8 Å². The molecule has 0 bridgehead atoms. The van der Waals surface area contributed by atoms with Gasteiger partial charge < -0.3 is 14.1 Å². The van der Waals surface area contributed by atoms with E-state index >= 15 is 0 Å². The van der Waals surface area contributed by atoms with Crippen molar-refractivity contribution in [1.29, 1.82) is 5.41 Å². The monoisotopic (exact) mass is 479 g/mol. The van der Waals surface area contributed by atoms with Crippen molar-refractivity contribution >= 4 is 56.7 Å². The third-order valence-electron chi connectivity index (χ3n) is 5.82. The standard InChI is InChI=1S/C23H21N5O5S/c1-32-14-5-6-15-17(10-14)33-12-13(20(15)30)9-16-21(24)28-23(25-22(16)31)34-18(26-28)11-19(29)27-7-3-2-4-8-27/h5-6,9-10,12,24H,2-4,7-8,11H2,1H3. The normalized spacial score (nSPS) is 19.4. The maximum Gasteiger partial charge on any atom is 0.283 e. The first-order valence-electron chi connectivity index (χ1n) is 10.8. The van der Waals surface area contributed by atoms with Crippen LogP contribution in [0, 0.1) is 5.41 Å². The van der Waals surface area contributed by atoms with Gasteiger partial charge in [0.15, 0.2) is 11.3 Å². The highest BCUT2D eigenvalue weighted by Gasteiger charge is 2.36. The number of rotatable bonds is 4. The van der Waals surface area contributed by atoms with Gasteiger partial charge in [-0.15, -0.1) is 0 Å². The number of piperidine rings is 1. The zero-order valence-corrected chi connectivity index (χ0v) is 19.2. The number of nitrogens with zero attached hydrogens (tertiary/aromatic N) is 4. The molecule has 1 fully saturated rings. The first-order chi connectivity index (χ1) is 16.4. The van der Waals surface area contributed by atoms with Crippen molar-refractivity contribution in [3.8, 4) is 5.75 Å². The summed E-state index contributed by atoms with van der Waals surface area (Å²) in [5.41, 5.74) is 0.0249. The van der Waals surface area contributed by atoms with Gasteiger partial charge in [-0.25, -0.2) is 0 Å². The van der Waals surface area contributed by atoms with E-state index in [-0.39, 0.29) is 39.9 Å². The molecule has 2 aromatic rings. The zero-order valence-electron chi connectivity index (χ0n) is 18.4. The lowest BCUT2D eigenvalue weighted by Gasteiger charge is -2.26. The highest BCUT2D eigenvalue weighted by atomic mass is 32.2. The van der Waals surface area contributed by atoms with E-state index < -0.39 is 5.91 Å². The van der Waals surface area contributed by atoms with Crippen LogP contribution >= 0.6 is 11.8 Å². The van der Waals surface area contributed by atoms with Gasteiger partial charge >= 0.3 is 0 Å². The Labute approximate surface area is 198 Å². The Balaban J connectivity index is 1.40. The van der Waals surface area contributed by atoms with Crippen molar-refractivity contribution in [3.05, 3.63) is 45.8 Å². The molecule has 0 aliphatic carbocycles. The number of likely N-dealkylation sites (tertiary alicyclic amines) is 1. The number of fused-ring (bicyclic) bond motifs is 2. The van der Waals surface area contributed by atoms with Gasteiger partial charge in [0, 0.05) is 19.2 Å². The lowest BCUT2D eigenvalue weighted by molar-refractivity contribution is -0.130.